The van der Waals surface area contributed by atoms with E-state index in [1.54, 1.807) is 0 Å². The fourth-order valence-corrected chi connectivity index (χ4v) is 2.40. The maximum Gasteiger partial charge on any atom is 0.169 e. The second kappa shape index (κ2) is 7.51. The number of rotatable bonds is 8. The van der Waals surface area contributed by atoms with E-state index in [9.17, 15) is 5.11 Å². The molecule has 2 atom stereocenters. The van der Waals surface area contributed by atoms with Crippen molar-refractivity contribution in [2.24, 2.45) is 0 Å². The van der Waals surface area contributed by atoms with E-state index in [1.807, 2.05) is 6.20 Å². The highest BCUT2D eigenvalue weighted by Crippen LogP contribution is 2.20. The summed E-state index contributed by atoms with van der Waals surface area (Å²) in [7, 11) is 0. The smallest absolute Gasteiger partial charge is 0.169 e. The highest BCUT2D eigenvalue weighted by molar-refractivity contribution is 4.91. The van der Waals surface area contributed by atoms with Crippen LogP contribution < -0.4 is 5.32 Å². The standard InChI is InChI=1S/C14H27N2O/c1-3-5-6-7-8-9-14-15-10-11-16(14,4-2)12-13-17/h7-8,10-11,14-15,17H,3-6,9,12-13H2,1-2H3/q+1/b8-7+. The molecule has 3 heteroatoms. The summed E-state index contributed by atoms with van der Waals surface area (Å²) < 4.78 is 0.856. The largest absolute Gasteiger partial charge is 0.390 e. The molecule has 0 aromatic heterocycles. The van der Waals surface area contributed by atoms with Gasteiger partial charge in [-0.1, -0.05) is 31.9 Å². The Balaban J connectivity index is 2.44. The van der Waals surface area contributed by atoms with E-state index in [0.29, 0.717) is 6.17 Å². The lowest BCUT2D eigenvalue weighted by molar-refractivity contribution is -0.899. The molecule has 0 saturated heterocycles. The molecule has 98 valence electrons. The average Bonchev–Trinajstić information content (AvgIpc) is 2.73. The molecule has 0 aromatic carbocycles. The monoisotopic (exact) mass is 239 g/mol. The van der Waals surface area contributed by atoms with Crippen LogP contribution >= 0.6 is 0 Å². The van der Waals surface area contributed by atoms with Crippen LogP contribution in [0.2, 0.25) is 0 Å². The summed E-state index contributed by atoms with van der Waals surface area (Å²) in [5.41, 5.74) is 0. The van der Waals surface area contributed by atoms with Crippen molar-refractivity contribution in [3.05, 3.63) is 24.6 Å². The lowest BCUT2D eigenvalue weighted by atomic mass is 10.2. The van der Waals surface area contributed by atoms with E-state index >= 15 is 0 Å². The van der Waals surface area contributed by atoms with Crippen LogP contribution in [0.15, 0.2) is 24.6 Å². The summed E-state index contributed by atoms with van der Waals surface area (Å²) in [4.78, 5) is 0. The number of nitrogens with one attached hydrogen (secondary N) is 1. The molecule has 0 aliphatic carbocycles. The second-order valence-electron chi connectivity index (χ2n) is 4.71. The van der Waals surface area contributed by atoms with Gasteiger partial charge in [-0.2, -0.15) is 0 Å². The van der Waals surface area contributed by atoms with Crippen LogP contribution in [0, 0.1) is 0 Å². The van der Waals surface area contributed by atoms with Crippen LogP contribution in [-0.2, 0) is 0 Å². The molecular weight excluding hydrogens is 212 g/mol. The van der Waals surface area contributed by atoms with E-state index in [0.717, 1.165) is 24.0 Å². The fraction of sp³-hybridized carbons (Fsp3) is 0.714. The Hall–Kier alpha value is -0.800. The van der Waals surface area contributed by atoms with Crippen LogP contribution in [0.5, 0.6) is 0 Å². The first-order valence-electron chi connectivity index (χ1n) is 6.85. The first-order chi connectivity index (χ1) is 8.29. The van der Waals surface area contributed by atoms with Gasteiger partial charge in [-0.05, 0) is 13.3 Å². The Morgan fingerprint density at radius 2 is 2.18 bits per heavy atom. The van der Waals surface area contributed by atoms with Gasteiger partial charge in [0.15, 0.2) is 6.17 Å². The molecule has 1 heterocycles. The first-order valence-corrected chi connectivity index (χ1v) is 6.85. The predicted molar refractivity (Wildman–Crippen MR) is 72.1 cm³/mol. The molecule has 0 saturated carbocycles. The molecule has 1 rings (SSSR count). The zero-order valence-corrected chi connectivity index (χ0v) is 11.2. The molecule has 0 bridgehead atoms. The summed E-state index contributed by atoms with van der Waals surface area (Å²) in [5.74, 6) is 0. The van der Waals surface area contributed by atoms with Crippen LogP contribution in [0.25, 0.3) is 0 Å². The van der Waals surface area contributed by atoms with Gasteiger partial charge in [0, 0.05) is 6.42 Å². The van der Waals surface area contributed by atoms with E-state index in [-0.39, 0.29) is 6.61 Å². The number of aliphatic hydroxyl groups is 1. The summed E-state index contributed by atoms with van der Waals surface area (Å²) in [6.07, 6.45) is 13.9. The van der Waals surface area contributed by atoms with E-state index in [4.69, 9.17) is 0 Å². The zero-order valence-electron chi connectivity index (χ0n) is 11.2. The van der Waals surface area contributed by atoms with Gasteiger partial charge in [0.2, 0.25) is 0 Å². The van der Waals surface area contributed by atoms with Gasteiger partial charge in [0.25, 0.3) is 0 Å². The zero-order chi connectivity index (χ0) is 12.6. The van der Waals surface area contributed by atoms with E-state index < -0.39 is 0 Å². The second-order valence-corrected chi connectivity index (χ2v) is 4.71. The third-order valence-corrected chi connectivity index (χ3v) is 3.64. The van der Waals surface area contributed by atoms with E-state index in [2.05, 4.69) is 37.5 Å². The SMILES string of the molecule is CCCC/C=C/CC1NC=C[N+]1(CC)CCO. The number of unbranched alkanes of at least 4 members (excludes halogenated alkanes) is 2. The number of likely N-dealkylation sites (N-methyl/N-ethyl adjacent to an activating group) is 1. The Bertz CT molecular complexity index is 263. The highest BCUT2D eigenvalue weighted by atomic mass is 16.3. The molecule has 17 heavy (non-hydrogen) atoms. The van der Waals surface area contributed by atoms with Crippen molar-refractivity contribution in [3.63, 3.8) is 0 Å². The normalized spacial score (nSPS) is 27.8. The van der Waals surface area contributed by atoms with Crippen LogP contribution in [-0.4, -0.2) is 35.5 Å². The molecule has 3 nitrogen and oxygen atoms in total. The molecule has 2 N–H and O–H groups in total. The number of hydrogen-bond donors (Lipinski definition) is 2. The lowest BCUT2D eigenvalue weighted by Crippen LogP contribution is -2.53. The lowest BCUT2D eigenvalue weighted by Gasteiger charge is -2.36. The molecule has 0 radical (unpaired) electrons. The summed E-state index contributed by atoms with van der Waals surface area (Å²) in [5, 5.41) is 12.6. The average molecular weight is 239 g/mol. The van der Waals surface area contributed by atoms with Crippen molar-refractivity contribution in [1.82, 2.24) is 5.32 Å². The molecule has 2 unspecified atom stereocenters. The third-order valence-electron chi connectivity index (χ3n) is 3.64. The summed E-state index contributed by atoms with van der Waals surface area (Å²) in [6.45, 7) is 6.47. The number of allylic oxidation sites excluding steroid dienone is 1. The van der Waals surface area contributed by atoms with Gasteiger partial charge in [0.05, 0.1) is 19.4 Å². The van der Waals surface area contributed by atoms with Crippen molar-refractivity contribution < 1.29 is 9.59 Å². The minimum atomic E-state index is 0.246. The molecule has 0 amide bonds. The first kappa shape index (κ1) is 14.3. The molecule has 1 aliphatic heterocycles. The van der Waals surface area contributed by atoms with Crippen molar-refractivity contribution in [1.29, 1.82) is 0 Å². The van der Waals surface area contributed by atoms with Gasteiger partial charge < -0.3 is 10.4 Å². The van der Waals surface area contributed by atoms with Gasteiger partial charge in [-0.25, -0.2) is 0 Å². The van der Waals surface area contributed by atoms with Crippen molar-refractivity contribution in [2.75, 3.05) is 19.7 Å². The fourth-order valence-electron chi connectivity index (χ4n) is 2.40. The highest BCUT2D eigenvalue weighted by Gasteiger charge is 2.35. The molecule has 1 aliphatic rings. The minimum absolute atomic E-state index is 0.246. The van der Waals surface area contributed by atoms with Crippen LogP contribution in [0.3, 0.4) is 0 Å². The number of hydrogen-bond acceptors (Lipinski definition) is 2. The Morgan fingerprint density at radius 1 is 1.35 bits per heavy atom. The van der Waals surface area contributed by atoms with Crippen molar-refractivity contribution in [2.45, 2.75) is 45.7 Å². The third kappa shape index (κ3) is 3.86. The van der Waals surface area contributed by atoms with Crippen LogP contribution in [0.1, 0.15) is 39.5 Å². The molecule has 0 aromatic rings. The minimum Gasteiger partial charge on any atom is -0.390 e. The maximum atomic E-state index is 9.19. The van der Waals surface area contributed by atoms with Gasteiger partial charge >= 0.3 is 0 Å². The van der Waals surface area contributed by atoms with Crippen LogP contribution in [0.4, 0.5) is 0 Å². The van der Waals surface area contributed by atoms with Gasteiger partial charge in [-0.3, -0.25) is 4.48 Å². The summed E-state index contributed by atoms with van der Waals surface area (Å²) >= 11 is 0. The predicted octanol–water partition coefficient (Wildman–Crippen LogP) is 2.35. The number of quaternary nitrogens is 1. The topological polar surface area (TPSA) is 32.3 Å². The van der Waals surface area contributed by atoms with Crippen molar-refractivity contribution in [3.8, 4) is 0 Å². The Morgan fingerprint density at radius 3 is 2.82 bits per heavy atom. The molecule has 0 spiro atoms. The molecular formula is C14H27N2O+. The van der Waals surface area contributed by atoms with Crippen molar-refractivity contribution >= 4 is 0 Å². The van der Waals surface area contributed by atoms with Gasteiger partial charge in [0.1, 0.15) is 12.7 Å². The number of aliphatic hydroxyl groups excluding tert-OH is 1. The Labute approximate surface area is 105 Å². The van der Waals surface area contributed by atoms with Gasteiger partial charge in [-0.15, -0.1) is 0 Å². The van der Waals surface area contributed by atoms with E-state index in [1.165, 1.54) is 19.3 Å². The summed E-state index contributed by atoms with van der Waals surface area (Å²) in [6, 6.07) is 0. The maximum absolute atomic E-state index is 9.19. The number of nitrogens with zero attached hydrogens (tertiary/aromatic N) is 1. The molecule has 0 fully saturated rings. The quantitative estimate of drug-likeness (QED) is 0.387. The Kier molecular flexibility index (Phi) is 6.30.